The fourth-order valence-corrected chi connectivity index (χ4v) is 2.11. The van der Waals surface area contributed by atoms with Crippen molar-refractivity contribution in [2.24, 2.45) is 5.92 Å². The van der Waals surface area contributed by atoms with Gasteiger partial charge in [-0.1, -0.05) is 11.6 Å². The van der Waals surface area contributed by atoms with Crippen LogP contribution in [0.5, 0.6) is 0 Å². The van der Waals surface area contributed by atoms with Crippen LogP contribution in [0.15, 0.2) is 6.33 Å². The molecule has 1 aliphatic rings. The Bertz CT molecular complexity index is 370. The molecule has 0 spiro atoms. The summed E-state index contributed by atoms with van der Waals surface area (Å²) in [6, 6.07) is 0. The average Bonchev–Trinajstić information content (AvgIpc) is 2.67. The third-order valence-electron chi connectivity index (χ3n) is 2.86. The van der Waals surface area contributed by atoms with E-state index in [4.69, 9.17) is 17.3 Å². The molecule has 2 rings (SSSR count). The van der Waals surface area contributed by atoms with Crippen molar-refractivity contribution in [1.82, 2.24) is 14.9 Å². The normalized spacial score (nSPS) is 21.2. The van der Waals surface area contributed by atoms with Crippen molar-refractivity contribution in [1.29, 1.82) is 0 Å². The van der Waals surface area contributed by atoms with Crippen LogP contribution >= 0.6 is 11.6 Å². The van der Waals surface area contributed by atoms with Crippen LogP contribution in [-0.2, 0) is 0 Å². The van der Waals surface area contributed by atoms with Crippen molar-refractivity contribution < 1.29 is 0 Å². The maximum atomic E-state index is 5.98. The summed E-state index contributed by atoms with van der Waals surface area (Å²) in [5.41, 5.74) is 5.60. The number of nitrogens with zero attached hydrogens (tertiary/aromatic N) is 3. The van der Waals surface area contributed by atoms with Crippen LogP contribution in [0.3, 0.4) is 0 Å². The molecule has 2 heterocycles. The standard InChI is InChI=1S/C10H16ClN5/c1-16-3-2-7(5-16)4-13-10-8(11)9(12)14-6-15-10/h6-7H,2-5H2,1H3,(H3,12,13,14,15). The Balaban J connectivity index is 1.92. The molecular formula is C10H16ClN5. The third-order valence-corrected chi connectivity index (χ3v) is 3.24. The second-order valence-corrected chi connectivity index (χ2v) is 4.60. The quantitative estimate of drug-likeness (QED) is 0.829. The van der Waals surface area contributed by atoms with Gasteiger partial charge < -0.3 is 16.0 Å². The van der Waals surface area contributed by atoms with Crippen molar-refractivity contribution in [3.8, 4) is 0 Å². The van der Waals surface area contributed by atoms with Gasteiger partial charge in [-0.25, -0.2) is 9.97 Å². The molecule has 0 amide bonds. The average molecular weight is 242 g/mol. The number of aromatic nitrogens is 2. The number of nitrogen functional groups attached to an aromatic ring is 1. The predicted octanol–water partition coefficient (Wildman–Crippen LogP) is 1.08. The van der Waals surface area contributed by atoms with Crippen LogP contribution in [0.2, 0.25) is 5.02 Å². The topological polar surface area (TPSA) is 67.1 Å². The van der Waals surface area contributed by atoms with Gasteiger partial charge in [0.15, 0.2) is 0 Å². The minimum Gasteiger partial charge on any atom is -0.382 e. The molecular weight excluding hydrogens is 226 g/mol. The number of hydrogen-bond acceptors (Lipinski definition) is 5. The van der Waals surface area contributed by atoms with Crippen molar-refractivity contribution in [2.75, 3.05) is 37.7 Å². The van der Waals surface area contributed by atoms with Gasteiger partial charge in [0, 0.05) is 13.1 Å². The van der Waals surface area contributed by atoms with E-state index in [2.05, 4.69) is 27.2 Å². The summed E-state index contributed by atoms with van der Waals surface area (Å²) in [6.45, 7) is 3.15. The molecule has 16 heavy (non-hydrogen) atoms. The second-order valence-electron chi connectivity index (χ2n) is 4.22. The number of halogens is 1. The number of hydrogen-bond donors (Lipinski definition) is 2. The first-order valence-electron chi connectivity index (χ1n) is 5.35. The Hall–Kier alpha value is -1.07. The van der Waals surface area contributed by atoms with Gasteiger partial charge in [0.25, 0.3) is 0 Å². The smallest absolute Gasteiger partial charge is 0.150 e. The Morgan fingerprint density at radius 2 is 2.44 bits per heavy atom. The highest BCUT2D eigenvalue weighted by atomic mass is 35.5. The van der Waals surface area contributed by atoms with Crippen LogP contribution in [-0.4, -0.2) is 41.5 Å². The lowest BCUT2D eigenvalue weighted by Gasteiger charge is -2.13. The summed E-state index contributed by atoms with van der Waals surface area (Å²) in [7, 11) is 2.13. The maximum Gasteiger partial charge on any atom is 0.150 e. The molecule has 3 N–H and O–H groups in total. The lowest BCUT2D eigenvalue weighted by atomic mass is 10.1. The zero-order valence-electron chi connectivity index (χ0n) is 9.28. The van der Waals surface area contributed by atoms with Crippen molar-refractivity contribution >= 4 is 23.2 Å². The molecule has 0 aromatic carbocycles. The zero-order valence-corrected chi connectivity index (χ0v) is 10.0. The number of likely N-dealkylation sites (tertiary alicyclic amines) is 1. The Labute approximate surface area is 100 Å². The molecule has 1 fully saturated rings. The second kappa shape index (κ2) is 4.84. The van der Waals surface area contributed by atoms with Crippen molar-refractivity contribution in [2.45, 2.75) is 6.42 Å². The van der Waals surface area contributed by atoms with E-state index in [0.717, 1.165) is 19.6 Å². The van der Waals surface area contributed by atoms with Gasteiger partial charge in [0.2, 0.25) is 0 Å². The van der Waals surface area contributed by atoms with E-state index in [-0.39, 0.29) is 0 Å². The van der Waals surface area contributed by atoms with E-state index in [1.54, 1.807) is 0 Å². The van der Waals surface area contributed by atoms with Crippen LogP contribution in [0.4, 0.5) is 11.6 Å². The zero-order chi connectivity index (χ0) is 11.5. The third kappa shape index (κ3) is 2.54. The summed E-state index contributed by atoms with van der Waals surface area (Å²) in [6.07, 6.45) is 2.63. The van der Waals surface area contributed by atoms with E-state index < -0.39 is 0 Å². The summed E-state index contributed by atoms with van der Waals surface area (Å²) in [4.78, 5) is 10.2. The molecule has 0 saturated carbocycles. The van der Waals surface area contributed by atoms with Gasteiger partial charge in [0.1, 0.15) is 23.0 Å². The SMILES string of the molecule is CN1CCC(CNc2ncnc(N)c2Cl)C1. The molecule has 1 atom stereocenters. The molecule has 1 saturated heterocycles. The first-order valence-corrected chi connectivity index (χ1v) is 5.73. The van der Waals surface area contributed by atoms with E-state index in [1.807, 2.05) is 0 Å². The number of rotatable bonds is 3. The first-order chi connectivity index (χ1) is 7.66. The van der Waals surface area contributed by atoms with Crippen molar-refractivity contribution in [3.05, 3.63) is 11.3 Å². The highest BCUT2D eigenvalue weighted by Gasteiger charge is 2.19. The number of anilines is 2. The van der Waals surface area contributed by atoms with Gasteiger partial charge in [0.05, 0.1) is 0 Å². The molecule has 88 valence electrons. The molecule has 5 nitrogen and oxygen atoms in total. The van der Waals surface area contributed by atoms with E-state index in [9.17, 15) is 0 Å². The Morgan fingerprint density at radius 1 is 1.62 bits per heavy atom. The maximum absolute atomic E-state index is 5.98. The molecule has 1 aromatic heterocycles. The molecule has 0 radical (unpaired) electrons. The van der Waals surface area contributed by atoms with Crippen LogP contribution in [0.25, 0.3) is 0 Å². The first kappa shape index (κ1) is 11.4. The summed E-state index contributed by atoms with van der Waals surface area (Å²) >= 11 is 5.98. The Kier molecular flexibility index (Phi) is 3.46. The highest BCUT2D eigenvalue weighted by Crippen LogP contribution is 2.24. The van der Waals surface area contributed by atoms with Gasteiger partial charge in [-0.3, -0.25) is 0 Å². The lowest BCUT2D eigenvalue weighted by molar-refractivity contribution is 0.399. The van der Waals surface area contributed by atoms with Crippen LogP contribution in [0, 0.1) is 5.92 Å². The predicted molar refractivity (Wildman–Crippen MR) is 65.5 cm³/mol. The number of nitrogens with one attached hydrogen (secondary N) is 1. The highest BCUT2D eigenvalue weighted by molar-refractivity contribution is 6.35. The van der Waals surface area contributed by atoms with Gasteiger partial charge in [-0.15, -0.1) is 0 Å². The molecule has 1 aromatic rings. The minimum absolute atomic E-state index is 0.322. The molecule has 1 aliphatic heterocycles. The summed E-state index contributed by atoms with van der Waals surface area (Å²) in [5, 5.41) is 3.64. The van der Waals surface area contributed by atoms with Gasteiger partial charge in [-0.05, 0) is 25.9 Å². The molecule has 6 heteroatoms. The largest absolute Gasteiger partial charge is 0.382 e. The molecule has 0 aliphatic carbocycles. The monoisotopic (exact) mass is 241 g/mol. The van der Waals surface area contributed by atoms with Gasteiger partial charge in [-0.2, -0.15) is 0 Å². The fraction of sp³-hybridized carbons (Fsp3) is 0.600. The van der Waals surface area contributed by atoms with E-state index >= 15 is 0 Å². The molecule has 1 unspecified atom stereocenters. The Morgan fingerprint density at radius 3 is 3.12 bits per heavy atom. The van der Waals surface area contributed by atoms with Crippen LogP contribution in [0.1, 0.15) is 6.42 Å². The van der Waals surface area contributed by atoms with E-state index in [1.165, 1.54) is 12.7 Å². The lowest BCUT2D eigenvalue weighted by Crippen LogP contribution is -2.19. The number of nitrogens with two attached hydrogens (primary N) is 1. The summed E-state index contributed by atoms with van der Waals surface area (Å²) < 4.78 is 0. The van der Waals surface area contributed by atoms with Crippen molar-refractivity contribution in [3.63, 3.8) is 0 Å². The van der Waals surface area contributed by atoms with E-state index in [0.29, 0.717) is 22.6 Å². The molecule has 0 bridgehead atoms. The minimum atomic E-state index is 0.322. The van der Waals surface area contributed by atoms with Crippen LogP contribution < -0.4 is 11.1 Å². The fourth-order valence-electron chi connectivity index (χ4n) is 1.94. The van der Waals surface area contributed by atoms with Gasteiger partial charge >= 0.3 is 0 Å². The summed E-state index contributed by atoms with van der Waals surface area (Å²) in [5.74, 6) is 1.60.